The van der Waals surface area contributed by atoms with E-state index in [-0.39, 0.29) is 0 Å². The van der Waals surface area contributed by atoms with Crippen LogP contribution in [-0.2, 0) is 9.47 Å². The Bertz CT molecular complexity index is 120. The standard InChI is InChI=1S/C12H27NO2/c1-4-13-12(3)8-6-7-9-15-11-10-14-5-2/h12-13H,4-11H2,1-3H3. The number of nitrogens with one attached hydrogen (secondary N) is 1. The molecule has 0 aliphatic carbocycles. The molecule has 0 saturated carbocycles. The van der Waals surface area contributed by atoms with Crippen LogP contribution in [0.4, 0.5) is 0 Å². The molecule has 0 spiro atoms. The Morgan fingerprint density at radius 2 is 1.73 bits per heavy atom. The molecule has 0 aromatic carbocycles. The maximum atomic E-state index is 5.43. The van der Waals surface area contributed by atoms with Crippen molar-refractivity contribution < 1.29 is 9.47 Å². The maximum Gasteiger partial charge on any atom is 0.0700 e. The van der Waals surface area contributed by atoms with Gasteiger partial charge in [0.15, 0.2) is 0 Å². The Labute approximate surface area is 94.5 Å². The maximum absolute atomic E-state index is 5.43. The van der Waals surface area contributed by atoms with Crippen molar-refractivity contribution >= 4 is 0 Å². The minimum atomic E-state index is 0.637. The van der Waals surface area contributed by atoms with Gasteiger partial charge in [-0.2, -0.15) is 0 Å². The zero-order valence-corrected chi connectivity index (χ0v) is 10.6. The minimum Gasteiger partial charge on any atom is -0.379 e. The zero-order chi connectivity index (χ0) is 11.4. The Balaban J connectivity index is 2.98. The summed E-state index contributed by atoms with van der Waals surface area (Å²) in [5.74, 6) is 0. The van der Waals surface area contributed by atoms with E-state index < -0.39 is 0 Å². The summed E-state index contributed by atoms with van der Waals surface area (Å²) in [6.45, 7) is 10.6. The van der Waals surface area contributed by atoms with E-state index in [0.29, 0.717) is 6.04 Å². The van der Waals surface area contributed by atoms with Crippen molar-refractivity contribution in [2.75, 3.05) is 33.0 Å². The fourth-order valence-electron chi connectivity index (χ4n) is 1.47. The predicted octanol–water partition coefficient (Wildman–Crippen LogP) is 2.21. The van der Waals surface area contributed by atoms with Crippen LogP contribution in [-0.4, -0.2) is 39.0 Å². The molecule has 0 bridgehead atoms. The van der Waals surface area contributed by atoms with Gasteiger partial charge < -0.3 is 14.8 Å². The summed E-state index contributed by atoms with van der Waals surface area (Å²) in [5.41, 5.74) is 0. The summed E-state index contributed by atoms with van der Waals surface area (Å²) in [6.07, 6.45) is 3.63. The topological polar surface area (TPSA) is 30.5 Å². The van der Waals surface area contributed by atoms with Gasteiger partial charge in [0, 0.05) is 19.3 Å². The van der Waals surface area contributed by atoms with Gasteiger partial charge in [-0.3, -0.25) is 0 Å². The van der Waals surface area contributed by atoms with Gasteiger partial charge in [-0.25, -0.2) is 0 Å². The highest BCUT2D eigenvalue weighted by Crippen LogP contribution is 2.00. The van der Waals surface area contributed by atoms with Crippen molar-refractivity contribution in [1.82, 2.24) is 5.32 Å². The van der Waals surface area contributed by atoms with Crippen LogP contribution in [0.25, 0.3) is 0 Å². The van der Waals surface area contributed by atoms with E-state index in [0.717, 1.165) is 39.4 Å². The third-order valence-corrected chi connectivity index (χ3v) is 2.30. The summed E-state index contributed by atoms with van der Waals surface area (Å²) in [6, 6.07) is 0.637. The second-order valence-corrected chi connectivity index (χ2v) is 3.76. The zero-order valence-electron chi connectivity index (χ0n) is 10.6. The largest absolute Gasteiger partial charge is 0.379 e. The average Bonchev–Trinajstić information content (AvgIpc) is 2.22. The Hall–Kier alpha value is -0.120. The normalized spacial score (nSPS) is 13.0. The van der Waals surface area contributed by atoms with Crippen LogP contribution in [0, 0.1) is 0 Å². The van der Waals surface area contributed by atoms with Gasteiger partial charge in [0.05, 0.1) is 13.2 Å². The minimum absolute atomic E-state index is 0.637. The summed E-state index contributed by atoms with van der Waals surface area (Å²) < 4.78 is 10.6. The summed E-state index contributed by atoms with van der Waals surface area (Å²) in [5, 5.41) is 3.40. The lowest BCUT2D eigenvalue weighted by molar-refractivity contribution is 0.0511. The molecular formula is C12H27NO2. The van der Waals surface area contributed by atoms with Crippen molar-refractivity contribution in [1.29, 1.82) is 0 Å². The molecule has 0 rings (SSSR count). The first-order valence-corrected chi connectivity index (χ1v) is 6.20. The Kier molecular flexibility index (Phi) is 11.9. The van der Waals surface area contributed by atoms with E-state index in [1.807, 2.05) is 6.92 Å². The number of hydrogen-bond donors (Lipinski definition) is 1. The number of ether oxygens (including phenoxy) is 2. The highest BCUT2D eigenvalue weighted by Gasteiger charge is 1.98. The molecule has 0 aliphatic rings. The van der Waals surface area contributed by atoms with Gasteiger partial charge in [-0.05, 0) is 39.7 Å². The molecule has 3 heteroatoms. The van der Waals surface area contributed by atoms with Gasteiger partial charge >= 0.3 is 0 Å². The second kappa shape index (κ2) is 12.0. The molecule has 0 radical (unpaired) electrons. The monoisotopic (exact) mass is 217 g/mol. The molecule has 3 nitrogen and oxygen atoms in total. The third-order valence-electron chi connectivity index (χ3n) is 2.30. The molecule has 0 saturated heterocycles. The lowest BCUT2D eigenvalue weighted by Crippen LogP contribution is -2.25. The number of rotatable bonds is 11. The highest BCUT2D eigenvalue weighted by molar-refractivity contribution is 4.58. The van der Waals surface area contributed by atoms with Crippen molar-refractivity contribution in [2.24, 2.45) is 0 Å². The first-order valence-electron chi connectivity index (χ1n) is 6.20. The molecule has 1 unspecified atom stereocenters. The van der Waals surface area contributed by atoms with E-state index in [1.54, 1.807) is 0 Å². The fourth-order valence-corrected chi connectivity index (χ4v) is 1.47. The van der Waals surface area contributed by atoms with Gasteiger partial charge in [-0.1, -0.05) is 6.92 Å². The molecule has 1 N–H and O–H groups in total. The van der Waals surface area contributed by atoms with E-state index in [9.17, 15) is 0 Å². The molecule has 0 amide bonds. The molecule has 15 heavy (non-hydrogen) atoms. The molecule has 0 heterocycles. The average molecular weight is 217 g/mol. The quantitative estimate of drug-likeness (QED) is 0.538. The van der Waals surface area contributed by atoms with Crippen LogP contribution >= 0.6 is 0 Å². The second-order valence-electron chi connectivity index (χ2n) is 3.76. The molecule has 0 aromatic rings. The lowest BCUT2D eigenvalue weighted by atomic mass is 10.1. The number of hydrogen-bond acceptors (Lipinski definition) is 3. The first kappa shape index (κ1) is 14.9. The summed E-state index contributed by atoms with van der Waals surface area (Å²) >= 11 is 0. The Morgan fingerprint density at radius 1 is 1.00 bits per heavy atom. The van der Waals surface area contributed by atoms with Crippen molar-refractivity contribution in [3.05, 3.63) is 0 Å². The molecular weight excluding hydrogens is 190 g/mol. The van der Waals surface area contributed by atoms with E-state index in [1.165, 1.54) is 12.8 Å². The predicted molar refractivity (Wildman–Crippen MR) is 64.3 cm³/mol. The van der Waals surface area contributed by atoms with Gasteiger partial charge in [0.1, 0.15) is 0 Å². The van der Waals surface area contributed by atoms with E-state index in [4.69, 9.17) is 9.47 Å². The first-order chi connectivity index (χ1) is 7.31. The molecule has 0 fully saturated rings. The summed E-state index contributed by atoms with van der Waals surface area (Å²) in [4.78, 5) is 0. The van der Waals surface area contributed by atoms with E-state index >= 15 is 0 Å². The van der Waals surface area contributed by atoms with Crippen molar-refractivity contribution in [2.45, 2.75) is 46.1 Å². The van der Waals surface area contributed by atoms with Crippen LogP contribution in [0.15, 0.2) is 0 Å². The number of unbranched alkanes of at least 4 members (excludes halogenated alkanes) is 1. The van der Waals surface area contributed by atoms with Gasteiger partial charge in [-0.15, -0.1) is 0 Å². The van der Waals surface area contributed by atoms with Crippen LogP contribution in [0.1, 0.15) is 40.0 Å². The van der Waals surface area contributed by atoms with Crippen LogP contribution < -0.4 is 5.32 Å². The summed E-state index contributed by atoms with van der Waals surface area (Å²) in [7, 11) is 0. The van der Waals surface area contributed by atoms with Crippen molar-refractivity contribution in [3.8, 4) is 0 Å². The smallest absolute Gasteiger partial charge is 0.0700 e. The molecule has 0 aromatic heterocycles. The van der Waals surface area contributed by atoms with E-state index in [2.05, 4.69) is 19.2 Å². The fraction of sp³-hybridized carbons (Fsp3) is 1.00. The highest BCUT2D eigenvalue weighted by atomic mass is 16.5. The van der Waals surface area contributed by atoms with Crippen LogP contribution in [0.2, 0.25) is 0 Å². The molecule has 0 aliphatic heterocycles. The van der Waals surface area contributed by atoms with Crippen molar-refractivity contribution in [3.63, 3.8) is 0 Å². The molecule has 92 valence electrons. The lowest BCUT2D eigenvalue weighted by Gasteiger charge is -2.11. The van der Waals surface area contributed by atoms with Crippen LogP contribution in [0.3, 0.4) is 0 Å². The third kappa shape index (κ3) is 11.8. The van der Waals surface area contributed by atoms with Gasteiger partial charge in [0.25, 0.3) is 0 Å². The SMILES string of the molecule is CCNC(C)CCCCOCCOCC. The molecule has 1 atom stereocenters. The Morgan fingerprint density at radius 3 is 2.40 bits per heavy atom. The van der Waals surface area contributed by atoms with Gasteiger partial charge in [0.2, 0.25) is 0 Å². The van der Waals surface area contributed by atoms with Crippen LogP contribution in [0.5, 0.6) is 0 Å².